The van der Waals surface area contributed by atoms with E-state index in [1.807, 2.05) is 6.07 Å². The number of nitrogens with two attached hydrogens (primary N) is 2. The van der Waals surface area contributed by atoms with Crippen molar-refractivity contribution in [2.75, 3.05) is 7.11 Å². The number of methoxy groups -OCH3 is 1. The van der Waals surface area contributed by atoms with Crippen LogP contribution in [0.1, 0.15) is 5.56 Å². The summed E-state index contributed by atoms with van der Waals surface area (Å²) < 4.78 is 4.90. The number of aliphatic imine (C=N–C) groups is 1. The van der Waals surface area contributed by atoms with Crippen LogP contribution < -0.4 is 16.2 Å². The first-order chi connectivity index (χ1) is 6.22. The van der Waals surface area contributed by atoms with Gasteiger partial charge < -0.3 is 16.2 Å². The fourth-order valence-electron chi connectivity index (χ4n) is 0.808. The van der Waals surface area contributed by atoms with Crippen molar-refractivity contribution >= 4 is 5.96 Å². The van der Waals surface area contributed by atoms with Gasteiger partial charge in [0.2, 0.25) is 5.88 Å². The Morgan fingerprint density at radius 2 is 2.31 bits per heavy atom. The van der Waals surface area contributed by atoms with E-state index in [0.29, 0.717) is 12.4 Å². The van der Waals surface area contributed by atoms with Gasteiger partial charge in [0.1, 0.15) is 0 Å². The average Bonchev–Trinajstić information content (AvgIpc) is 2.15. The molecule has 0 fully saturated rings. The highest BCUT2D eigenvalue weighted by Crippen LogP contribution is 2.06. The molecule has 0 aliphatic rings. The molecule has 0 unspecified atom stereocenters. The summed E-state index contributed by atoms with van der Waals surface area (Å²) in [6.45, 7) is 0.444. The van der Waals surface area contributed by atoms with Crippen LogP contribution in [0.25, 0.3) is 0 Å². The highest BCUT2D eigenvalue weighted by Gasteiger charge is 1.93. The maximum absolute atomic E-state index is 5.18. The molecule has 1 aromatic rings. The first kappa shape index (κ1) is 9.31. The number of rotatable bonds is 3. The summed E-state index contributed by atoms with van der Waals surface area (Å²) in [5.41, 5.74) is 11.3. The van der Waals surface area contributed by atoms with Gasteiger partial charge in [-0.3, -0.25) is 0 Å². The van der Waals surface area contributed by atoms with Crippen LogP contribution in [0.4, 0.5) is 0 Å². The van der Waals surface area contributed by atoms with Crippen molar-refractivity contribution in [3.05, 3.63) is 23.9 Å². The number of aromatic nitrogens is 1. The minimum atomic E-state index is 0.0795. The van der Waals surface area contributed by atoms with Gasteiger partial charge in [0.15, 0.2) is 5.96 Å². The number of nitrogens with zero attached hydrogens (tertiary/aromatic N) is 2. The zero-order valence-corrected chi connectivity index (χ0v) is 7.40. The first-order valence-electron chi connectivity index (χ1n) is 3.76. The van der Waals surface area contributed by atoms with E-state index in [2.05, 4.69) is 9.98 Å². The zero-order valence-electron chi connectivity index (χ0n) is 7.40. The molecule has 0 saturated carbocycles. The number of hydrogen-bond acceptors (Lipinski definition) is 3. The smallest absolute Gasteiger partial charge is 0.212 e. The molecular weight excluding hydrogens is 168 g/mol. The second kappa shape index (κ2) is 4.30. The normalized spacial score (nSPS) is 9.31. The van der Waals surface area contributed by atoms with E-state index in [9.17, 15) is 0 Å². The van der Waals surface area contributed by atoms with E-state index in [0.717, 1.165) is 5.56 Å². The second-order valence-electron chi connectivity index (χ2n) is 2.45. The van der Waals surface area contributed by atoms with Crippen molar-refractivity contribution in [1.29, 1.82) is 0 Å². The van der Waals surface area contributed by atoms with Crippen LogP contribution in [0.3, 0.4) is 0 Å². The molecule has 0 amide bonds. The van der Waals surface area contributed by atoms with Crippen LogP contribution >= 0.6 is 0 Å². The van der Waals surface area contributed by atoms with E-state index in [1.54, 1.807) is 19.4 Å². The Labute approximate surface area is 76.4 Å². The predicted molar refractivity (Wildman–Crippen MR) is 50.3 cm³/mol. The van der Waals surface area contributed by atoms with Crippen LogP contribution in [0.2, 0.25) is 0 Å². The molecule has 5 nitrogen and oxygen atoms in total. The van der Waals surface area contributed by atoms with Crippen molar-refractivity contribution < 1.29 is 4.74 Å². The van der Waals surface area contributed by atoms with Crippen LogP contribution in [0, 0.1) is 0 Å². The average molecular weight is 180 g/mol. The third kappa shape index (κ3) is 2.98. The molecule has 1 rings (SSSR count). The van der Waals surface area contributed by atoms with E-state index in [1.165, 1.54) is 0 Å². The molecule has 1 heterocycles. The minimum absolute atomic E-state index is 0.0795. The molecule has 0 radical (unpaired) electrons. The van der Waals surface area contributed by atoms with Crippen molar-refractivity contribution in [2.24, 2.45) is 16.5 Å². The summed E-state index contributed by atoms with van der Waals surface area (Å²) in [4.78, 5) is 7.84. The third-order valence-corrected chi connectivity index (χ3v) is 1.45. The Bertz CT molecular complexity index is 290. The molecule has 0 aliphatic carbocycles. The summed E-state index contributed by atoms with van der Waals surface area (Å²) in [6.07, 6.45) is 1.67. The molecule has 0 aromatic carbocycles. The van der Waals surface area contributed by atoms with Gasteiger partial charge in [-0.1, -0.05) is 6.07 Å². The molecule has 13 heavy (non-hydrogen) atoms. The van der Waals surface area contributed by atoms with Crippen molar-refractivity contribution in [3.8, 4) is 5.88 Å². The SMILES string of the molecule is COc1ccc(CN=C(N)N)cn1. The Kier molecular flexibility index (Phi) is 3.08. The number of guanidine groups is 1. The van der Waals surface area contributed by atoms with Crippen LogP contribution in [0.15, 0.2) is 23.3 Å². The molecule has 0 saturated heterocycles. The summed E-state index contributed by atoms with van der Waals surface area (Å²) >= 11 is 0. The number of pyridine rings is 1. The maximum Gasteiger partial charge on any atom is 0.212 e. The number of ether oxygens (including phenoxy) is 1. The lowest BCUT2D eigenvalue weighted by molar-refractivity contribution is 0.397. The molecule has 0 bridgehead atoms. The van der Waals surface area contributed by atoms with Gasteiger partial charge in [-0.25, -0.2) is 9.98 Å². The summed E-state index contributed by atoms with van der Waals surface area (Å²) in [6, 6.07) is 3.62. The number of hydrogen-bond donors (Lipinski definition) is 2. The van der Waals surface area contributed by atoms with Gasteiger partial charge in [-0.2, -0.15) is 0 Å². The lowest BCUT2D eigenvalue weighted by Gasteiger charge is -1.99. The van der Waals surface area contributed by atoms with Crippen LogP contribution in [-0.4, -0.2) is 18.1 Å². The molecule has 0 atom stereocenters. The predicted octanol–water partition coefficient (Wildman–Crippen LogP) is -0.136. The van der Waals surface area contributed by atoms with Crippen molar-refractivity contribution in [3.63, 3.8) is 0 Å². The quantitative estimate of drug-likeness (QED) is 0.501. The molecule has 5 heteroatoms. The first-order valence-corrected chi connectivity index (χ1v) is 3.76. The van der Waals surface area contributed by atoms with E-state index < -0.39 is 0 Å². The zero-order chi connectivity index (χ0) is 9.68. The molecule has 1 aromatic heterocycles. The van der Waals surface area contributed by atoms with Crippen molar-refractivity contribution in [1.82, 2.24) is 4.98 Å². The van der Waals surface area contributed by atoms with Crippen LogP contribution in [-0.2, 0) is 6.54 Å². The largest absolute Gasteiger partial charge is 0.481 e. The third-order valence-electron chi connectivity index (χ3n) is 1.45. The van der Waals surface area contributed by atoms with Crippen LogP contribution in [0.5, 0.6) is 5.88 Å². The topological polar surface area (TPSA) is 86.5 Å². The van der Waals surface area contributed by atoms with Gasteiger partial charge in [0.05, 0.1) is 13.7 Å². The second-order valence-corrected chi connectivity index (χ2v) is 2.45. The monoisotopic (exact) mass is 180 g/mol. The van der Waals surface area contributed by atoms with Crippen molar-refractivity contribution in [2.45, 2.75) is 6.54 Å². The lowest BCUT2D eigenvalue weighted by atomic mass is 10.3. The van der Waals surface area contributed by atoms with Gasteiger partial charge >= 0.3 is 0 Å². The van der Waals surface area contributed by atoms with Gasteiger partial charge in [-0.05, 0) is 5.56 Å². The van der Waals surface area contributed by atoms with Gasteiger partial charge in [0, 0.05) is 12.3 Å². The summed E-state index contributed by atoms with van der Waals surface area (Å²) in [5.74, 6) is 0.657. The van der Waals surface area contributed by atoms with E-state index >= 15 is 0 Å². The molecule has 0 spiro atoms. The molecular formula is C8H12N4O. The Balaban J connectivity index is 2.64. The molecule has 4 N–H and O–H groups in total. The maximum atomic E-state index is 5.18. The Morgan fingerprint density at radius 3 is 2.77 bits per heavy atom. The minimum Gasteiger partial charge on any atom is -0.481 e. The van der Waals surface area contributed by atoms with Gasteiger partial charge in [-0.15, -0.1) is 0 Å². The highest BCUT2D eigenvalue weighted by molar-refractivity contribution is 5.75. The van der Waals surface area contributed by atoms with E-state index in [4.69, 9.17) is 16.2 Å². The molecule has 70 valence electrons. The highest BCUT2D eigenvalue weighted by atomic mass is 16.5. The van der Waals surface area contributed by atoms with E-state index in [-0.39, 0.29) is 5.96 Å². The standard InChI is InChI=1S/C8H12N4O/c1-13-7-3-2-6(4-11-7)5-12-8(9)10/h2-4H,5H2,1H3,(H4,9,10,12). The fourth-order valence-corrected chi connectivity index (χ4v) is 0.808. The van der Waals surface area contributed by atoms with Gasteiger partial charge in [0.25, 0.3) is 0 Å². The Morgan fingerprint density at radius 1 is 1.54 bits per heavy atom. The Hall–Kier alpha value is -1.78. The summed E-state index contributed by atoms with van der Waals surface area (Å²) in [7, 11) is 1.57. The lowest BCUT2D eigenvalue weighted by Crippen LogP contribution is -2.22. The summed E-state index contributed by atoms with van der Waals surface area (Å²) in [5, 5.41) is 0. The molecule has 0 aliphatic heterocycles. The fraction of sp³-hybridized carbons (Fsp3) is 0.250.